The van der Waals surface area contributed by atoms with Gasteiger partial charge in [-0.15, -0.1) is 0 Å². The predicted molar refractivity (Wildman–Crippen MR) is 79.9 cm³/mol. The monoisotopic (exact) mass is 282 g/mol. The Hall–Kier alpha value is -0.770. The van der Waals surface area contributed by atoms with Gasteiger partial charge in [0.2, 0.25) is 0 Å². The van der Waals surface area contributed by atoms with Gasteiger partial charge in [0.1, 0.15) is 0 Å². The van der Waals surface area contributed by atoms with Crippen molar-refractivity contribution >= 4 is 24.4 Å². The molecule has 1 radical (unpaired) electrons. The molecule has 0 aromatic heterocycles. The van der Waals surface area contributed by atoms with Crippen molar-refractivity contribution in [3.63, 3.8) is 0 Å². The van der Waals surface area contributed by atoms with E-state index in [1.54, 1.807) is 0 Å². The van der Waals surface area contributed by atoms with Crippen molar-refractivity contribution in [3.8, 4) is 0 Å². The molecule has 1 aliphatic rings. The van der Waals surface area contributed by atoms with E-state index in [2.05, 4.69) is 0 Å². The molecule has 0 bridgehead atoms. The van der Waals surface area contributed by atoms with Crippen LogP contribution in [0.25, 0.3) is 0 Å². The lowest BCUT2D eigenvalue weighted by Crippen LogP contribution is -2.30. The van der Waals surface area contributed by atoms with Crippen molar-refractivity contribution in [1.29, 1.82) is 0 Å². The Labute approximate surface area is 121 Å². The second-order valence-corrected chi connectivity index (χ2v) is 5.46. The molecule has 1 heterocycles. The average Bonchev–Trinajstić information content (AvgIpc) is 2.72. The molecule has 0 unspecified atom stereocenters. The maximum absolute atomic E-state index is 11.3. The fourth-order valence-electron chi connectivity index (χ4n) is 2.26. The highest BCUT2D eigenvalue weighted by Gasteiger charge is 2.21. The SMILES string of the molecule is O=C1C=CC(=O)N1CCCCCCCCCCC[S]. The Morgan fingerprint density at radius 2 is 1.16 bits per heavy atom. The highest BCUT2D eigenvalue weighted by atomic mass is 32.1. The fraction of sp³-hybridized carbons (Fsp3) is 0.733. The van der Waals surface area contributed by atoms with Crippen LogP contribution in [0.3, 0.4) is 0 Å². The molecule has 19 heavy (non-hydrogen) atoms. The van der Waals surface area contributed by atoms with Crippen LogP contribution >= 0.6 is 12.6 Å². The van der Waals surface area contributed by atoms with Gasteiger partial charge in [0.25, 0.3) is 11.8 Å². The molecule has 107 valence electrons. The summed E-state index contributed by atoms with van der Waals surface area (Å²) in [4.78, 5) is 23.9. The van der Waals surface area contributed by atoms with Gasteiger partial charge in [-0.3, -0.25) is 14.5 Å². The minimum atomic E-state index is -0.160. The molecule has 0 atom stereocenters. The fourth-order valence-corrected chi connectivity index (χ4v) is 2.47. The number of amides is 2. The molecule has 3 nitrogen and oxygen atoms in total. The molecule has 0 saturated heterocycles. The lowest BCUT2D eigenvalue weighted by Gasteiger charge is -2.12. The third-order valence-corrected chi connectivity index (χ3v) is 3.72. The number of carbonyl (C=O) groups excluding carboxylic acids is 2. The van der Waals surface area contributed by atoms with Gasteiger partial charge >= 0.3 is 0 Å². The standard InChI is InChI=1S/C15H24NO2S/c17-14-10-11-15(18)16(14)12-8-6-4-2-1-3-5-7-9-13-19/h10-11H,1-9,12-13H2. The molecule has 1 aliphatic heterocycles. The summed E-state index contributed by atoms with van der Waals surface area (Å²) in [5.74, 6) is 0.571. The summed E-state index contributed by atoms with van der Waals surface area (Å²) in [7, 11) is 0. The summed E-state index contributed by atoms with van der Waals surface area (Å²) >= 11 is 4.91. The van der Waals surface area contributed by atoms with Crippen LogP contribution in [0.15, 0.2) is 12.2 Å². The number of rotatable bonds is 11. The highest BCUT2D eigenvalue weighted by molar-refractivity contribution is 7.80. The van der Waals surface area contributed by atoms with Gasteiger partial charge in [-0.25, -0.2) is 0 Å². The van der Waals surface area contributed by atoms with E-state index in [9.17, 15) is 9.59 Å². The molecular formula is C15H24NO2S. The summed E-state index contributed by atoms with van der Waals surface area (Å²) in [5, 5.41) is 0. The highest BCUT2D eigenvalue weighted by Crippen LogP contribution is 2.11. The number of hydrogen-bond acceptors (Lipinski definition) is 2. The first kappa shape index (κ1) is 16.3. The number of carbonyl (C=O) groups is 2. The van der Waals surface area contributed by atoms with Crippen LogP contribution in [-0.4, -0.2) is 29.0 Å². The van der Waals surface area contributed by atoms with E-state index in [0.29, 0.717) is 6.54 Å². The van der Waals surface area contributed by atoms with E-state index in [1.807, 2.05) is 0 Å². The van der Waals surface area contributed by atoms with Gasteiger partial charge in [0.15, 0.2) is 0 Å². The number of hydrogen-bond donors (Lipinski definition) is 0. The number of nitrogens with zero attached hydrogens (tertiary/aromatic N) is 1. The van der Waals surface area contributed by atoms with Crippen LogP contribution in [0.5, 0.6) is 0 Å². The Morgan fingerprint density at radius 1 is 0.737 bits per heavy atom. The zero-order valence-electron chi connectivity index (χ0n) is 11.6. The van der Waals surface area contributed by atoms with Crippen LogP contribution in [0, 0.1) is 0 Å². The smallest absolute Gasteiger partial charge is 0.253 e. The Balaban J connectivity index is 1.86. The van der Waals surface area contributed by atoms with Crippen molar-refractivity contribution in [2.24, 2.45) is 0 Å². The molecule has 1 rings (SSSR count). The van der Waals surface area contributed by atoms with E-state index >= 15 is 0 Å². The van der Waals surface area contributed by atoms with Gasteiger partial charge in [-0.05, 0) is 12.8 Å². The first-order valence-electron chi connectivity index (χ1n) is 7.37. The van der Waals surface area contributed by atoms with Gasteiger partial charge < -0.3 is 0 Å². The molecule has 0 saturated carbocycles. The van der Waals surface area contributed by atoms with Gasteiger partial charge in [-0.2, -0.15) is 0 Å². The zero-order valence-corrected chi connectivity index (χ0v) is 12.4. The Bertz CT molecular complexity index is 297. The third-order valence-electron chi connectivity index (χ3n) is 3.43. The van der Waals surface area contributed by atoms with Crippen LogP contribution in [-0.2, 0) is 9.59 Å². The molecule has 0 aromatic rings. The van der Waals surface area contributed by atoms with Crippen LogP contribution in [0.2, 0.25) is 0 Å². The third kappa shape index (κ3) is 6.81. The second-order valence-electron chi connectivity index (χ2n) is 5.05. The van der Waals surface area contributed by atoms with Gasteiger partial charge in [0.05, 0.1) is 0 Å². The summed E-state index contributed by atoms with van der Waals surface area (Å²) in [6.45, 7) is 0.573. The Kier molecular flexibility index (Phi) is 8.63. The summed E-state index contributed by atoms with van der Waals surface area (Å²) in [6, 6.07) is 0. The van der Waals surface area contributed by atoms with Crippen molar-refractivity contribution in [2.75, 3.05) is 12.3 Å². The molecular weight excluding hydrogens is 258 g/mol. The van der Waals surface area contributed by atoms with Crippen molar-refractivity contribution in [3.05, 3.63) is 12.2 Å². The van der Waals surface area contributed by atoms with Crippen molar-refractivity contribution in [2.45, 2.75) is 57.8 Å². The van der Waals surface area contributed by atoms with Gasteiger partial charge in [-0.1, -0.05) is 57.6 Å². The molecule has 2 amide bonds. The molecule has 0 fully saturated rings. The minimum absolute atomic E-state index is 0.160. The molecule has 4 heteroatoms. The molecule has 0 spiro atoms. The van der Waals surface area contributed by atoms with E-state index in [0.717, 1.165) is 18.6 Å². The average molecular weight is 282 g/mol. The molecule has 0 N–H and O–H groups in total. The summed E-state index contributed by atoms with van der Waals surface area (Å²) in [6.07, 6.45) is 13.5. The molecule has 0 aliphatic carbocycles. The van der Waals surface area contributed by atoms with E-state index in [1.165, 1.54) is 62.0 Å². The number of unbranched alkanes of at least 4 members (excludes halogenated alkanes) is 8. The summed E-state index contributed by atoms with van der Waals surface area (Å²) in [5.41, 5.74) is 0. The second kappa shape index (κ2) is 10.1. The maximum atomic E-state index is 11.3. The first-order chi connectivity index (χ1) is 9.25. The predicted octanol–water partition coefficient (Wildman–Crippen LogP) is 3.62. The largest absolute Gasteiger partial charge is 0.275 e. The molecule has 0 aromatic carbocycles. The number of imide groups is 1. The van der Waals surface area contributed by atoms with Crippen LogP contribution in [0.1, 0.15) is 57.8 Å². The van der Waals surface area contributed by atoms with Crippen molar-refractivity contribution in [1.82, 2.24) is 4.90 Å². The lowest BCUT2D eigenvalue weighted by molar-refractivity contribution is -0.136. The maximum Gasteiger partial charge on any atom is 0.253 e. The van der Waals surface area contributed by atoms with Crippen LogP contribution < -0.4 is 0 Å². The normalized spacial score (nSPS) is 14.7. The topological polar surface area (TPSA) is 37.4 Å². The van der Waals surface area contributed by atoms with Gasteiger partial charge in [0, 0.05) is 24.4 Å². The minimum Gasteiger partial charge on any atom is -0.275 e. The zero-order chi connectivity index (χ0) is 13.9. The first-order valence-corrected chi connectivity index (χ1v) is 7.95. The van der Waals surface area contributed by atoms with Crippen molar-refractivity contribution < 1.29 is 9.59 Å². The van der Waals surface area contributed by atoms with E-state index < -0.39 is 0 Å². The lowest BCUT2D eigenvalue weighted by atomic mass is 10.1. The van der Waals surface area contributed by atoms with E-state index in [-0.39, 0.29) is 11.8 Å². The van der Waals surface area contributed by atoms with E-state index in [4.69, 9.17) is 12.6 Å². The quantitative estimate of drug-likeness (QED) is 0.429. The Morgan fingerprint density at radius 3 is 1.63 bits per heavy atom. The summed E-state index contributed by atoms with van der Waals surface area (Å²) < 4.78 is 0. The van der Waals surface area contributed by atoms with Crippen LogP contribution in [0.4, 0.5) is 0 Å².